The molecule has 1 heterocycles. The van der Waals surface area contributed by atoms with Gasteiger partial charge in [0.25, 0.3) is 0 Å². The topological polar surface area (TPSA) is 50.9 Å². The fourth-order valence-corrected chi connectivity index (χ4v) is 2.17. The van der Waals surface area contributed by atoms with Gasteiger partial charge in [0, 0.05) is 23.9 Å². The van der Waals surface area contributed by atoms with E-state index in [2.05, 4.69) is 10.3 Å². The lowest BCUT2D eigenvalue weighted by molar-refractivity contribution is 0.521. The smallest absolute Gasteiger partial charge is 0.129 e. The Bertz CT molecular complexity index is 587. The molecule has 2 rings (SSSR count). The first-order valence-electron chi connectivity index (χ1n) is 6.49. The van der Waals surface area contributed by atoms with E-state index in [1.807, 2.05) is 13.0 Å². The molecule has 1 aromatic carbocycles. The summed E-state index contributed by atoms with van der Waals surface area (Å²) in [5.74, 6) is -0.705. The van der Waals surface area contributed by atoms with Crippen LogP contribution in [0.15, 0.2) is 36.5 Å². The van der Waals surface area contributed by atoms with E-state index in [0.29, 0.717) is 24.3 Å². The van der Waals surface area contributed by atoms with Crippen LogP contribution in [0, 0.1) is 11.6 Å². The molecule has 1 atom stereocenters. The molecule has 5 heteroatoms. The third-order valence-corrected chi connectivity index (χ3v) is 3.14. The van der Waals surface area contributed by atoms with E-state index < -0.39 is 11.6 Å². The summed E-state index contributed by atoms with van der Waals surface area (Å²) < 4.78 is 26.7. The number of nitrogens with zero attached hydrogens (tertiary/aromatic N) is 1. The maximum Gasteiger partial charge on any atom is 0.129 e. The first-order chi connectivity index (χ1) is 9.61. The Balaban J connectivity index is 2.28. The van der Waals surface area contributed by atoms with Crippen molar-refractivity contribution in [2.45, 2.75) is 19.4 Å². The van der Waals surface area contributed by atoms with Crippen molar-refractivity contribution >= 4 is 5.82 Å². The molecule has 1 unspecified atom stereocenters. The number of rotatable bonds is 5. The standard InChI is InChI=1S/C15H17F2N3/c1-2-19-14(12-4-3-7-20-15(12)18)8-10-5-6-11(16)9-13(10)17/h3-7,9,14,19H,2,8H2,1H3,(H2,18,20). The summed E-state index contributed by atoms with van der Waals surface area (Å²) in [7, 11) is 0. The Hall–Kier alpha value is -2.01. The molecular formula is C15H17F2N3. The van der Waals surface area contributed by atoms with Gasteiger partial charge in [0.05, 0.1) is 0 Å². The van der Waals surface area contributed by atoms with E-state index in [9.17, 15) is 8.78 Å². The van der Waals surface area contributed by atoms with Gasteiger partial charge in [0.2, 0.25) is 0 Å². The highest BCUT2D eigenvalue weighted by atomic mass is 19.1. The van der Waals surface area contributed by atoms with Crippen molar-refractivity contribution in [2.75, 3.05) is 12.3 Å². The van der Waals surface area contributed by atoms with Crippen molar-refractivity contribution in [3.63, 3.8) is 0 Å². The highest BCUT2D eigenvalue weighted by Crippen LogP contribution is 2.23. The highest BCUT2D eigenvalue weighted by molar-refractivity contribution is 5.41. The third kappa shape index (κ3) is 3.30. The predicted octanol–water partition coefficient (Wildman–Crippen LogP) is 2.84. The molecule has 20 heavy (non-hydrogen) atoms. The van der Waals surface area contributed by atoms with Crippen molar-refractivity contribution in [1.29, 1.82) is 0 Å². The van der Waals surface area contributed by atoms with Gasteiger partial charge >= 0.3 is 0 Å². The number of nitrogen functional groups attached to an aromatic ring is 1. The summed E-state index contributed by atoms with van der Waals surface area (Å²) in [6, 6.07) is 7.10. The lowest BCUT2D eigenvalue weighted by Gasteiger charge is -2.19. The second kappa shape index (κ2) is 6.43. The number of anilines is 1. The Morgan fingerprint density at radius 2 is 2.10 bits per heavy atom. The molecule has 0 radical (unpaired) electrons. The first kappa shape index (κ1) is 14.4. The number of aromatic nitrogens is 1. The minimum absolute atomic E-state index is 0.159. The van der Waals surface area contributed by atoms with Crippen LogP contribution < -0.4 is 11.1 Å². The molecule has 0 saturated carbocycles. The summed E-state index contributed by atoms with van der Waals surface area (Å²) in [5.41, 5.74) is 7.13. The van der Waals surface area contributed by atoms with Gasteiger partial charge in [-0.25, -0.2) is 13.8 Å². The molecule has 0 aliphatic carbocycles. The molecule has 0 amide bonds. The van der Waals surface area contributed by atoms with Crippen molar-refractivity contribution < 1.29 is 8.78 Å². The van der Waals surface area contributed by atoms with E-state index in [-0.39, 0.29) is 6.04 Å². The molecule has 3 N–H and O–H groups in total. The monoisotopic (exact) mass is 277 g/mol. The number of benzene rings is 1. The molecule has 0 aliphatic rings. The second-order valence-corrected chi connectivity index (χ2v) is 4.53. The van der Waals surface area contributed by atoms with Gasteiger partial charge in [-0.15, -0.1) is 0 Å². The van der Waals surface area contributed by atoms with Crippen LogP contribution in [0.4, 0.5) is 14.6 Å². The molecular weight excluding hydrogens is 260 g/mol. The van der Waals surface area contributed by atoms with E-state index in [4.69, 9.17) is 5.73 Å². The van der Waals surface area contributed by atoms with Gasteiger partial charge in [-0.3, -0.25) is 0 Å². The quantitative estimate of drug-likeness (QED) is 0.883. The molecule has 0 fully saturated rings. The van der Waals surface area contributed by atoms with Crippen LogP contribution in [0.2, 0.25) is 0 Å². The van der Waals surface area contributed by atoms with Gasteiger partial charge in [0.15, 0.2) is 0 Å². The summed E-state index contributed by atoms with van der Waals surface area (Å²) in [6.07, 6.45) is 2.00. The van der Waals surface area contributed by atoms with E-state index in [0.717, 1.165) is 11.6 Å². The number of nitrogens with one attached hydrogen (secondary N) is 1. The summed E-state index contributed by atoms with van der Waals surface area (Å²) >= 11 is 0. The van der Waals surface area contributed by atoms with Gasteiger partial charge in [0.1, 0.15) is 17.5 Å². The lowest BCUT2D eigenvalue weighted by atomic mass is 9.99. The Kier molecular flexibility index (Phi) is 4.63. The van der Waals surface area contributed by atoms with Crippen LogP contribution in [-0.4, -0.2) is 11.5 Å². The molecule has 0 bridgehead atoms. The normalized spacial score (nSPS) is 12.3. The summed E-state index contributed by atoms with van der Waals surface area (Å²) in [6.45, 7) is 2.67. The Labute approximate surface area is 116 Å². The molecule has 0 aliphatic heterocycles. The molecule has 3 nitrogen and oxygen atoms in total. The van der Waals surface area contributed by atoms with E-state index in [1.54, 1.807) is 12.3 Å². The van der Waals surface area contributed by atoms with E-state index >= 15 is 0 Å². The molecule has 0 saturated heterocycles. The second-order valence-electron chi connectivity index (χ2n) is 4.53. The molecule has 1 aromatic heterocycles. The zero-order chi connectivity index (χ0) is 14.5. The van der Waals surface area contributed by atoms with Crippen LogP contribution in [-0.2, 0) is 6.42 Å². The van der Waals surface area contributed by atoms with Crippen LogP contribution >= 0.6 is 0 Å². The van der Waals surface area contributed by atoms with Crippen LogP contribution in [0.5, 0.6) is 0 Å². The van der Waals surface area contributed by atoms with Crippen molar-refractivity contribution in [3.05, 3.63) is 59.3 Å². The Morgan fingerprint density at radius 1 is 1.30 bits per heavy atom. The summed E-state index contributed by atoms with van der Waals surface area (Å²) in [5, 5.41) is 3.25. The van der Waals surface area contributed by atoms with Gasteiger partial charge < -0.3 is 11.1 Å². The SMILES string of the molecule is CCNC(Cc1ccc(F)cc1F)c1cccnc1N. The number of halogens is 2. The number of hydrogen-bond donors (Lipinski definition) is 2. The molecule has 2 aromatic rings. The number of pyridine rings is 1. The van der Waals surface area contributed by atoms with Crippen molar-refractivity contribution in [3.8, 4) is 0 Å². The third-order valence-electron chi connectivity index (χ3n) is 3.14. The van der Waals surface area contributed by atoms with Crippen LogP contribution in [0.25, 0.3) is 0 Å². The Morgan fingerprint density at radius 3 is 2.75 bits per heavy atom. The fraction of sp³-hybridized carbons (Fsp3) is 0.267. The molecule has 0 spiro atoms. The van der Waals surface area contributed by atoms with Gasteiger partial charge in [-0.1, -0.05) is 19.1 Å². The predicted molar refractivity (Wildman–Crippen MR) is 75.1 cm³/mol. The number of nitrogens with two attached hydrogens (primary N) is 1. The zero-order valence-corrected chi connectivity index (χ0v) is 11.2. The van der Waals surface area contributed by atoms with E-state index in [1.165, 1.54) is 12.1 Å². The highest BCUT2D eigenvalue weighted by Gasteiger charge is 2.16. The van der Waals surface area contributed by atoms with Gasteiger partial charge in [-0.2, -0.15) is 0 Å². The summed E-state index contributed by atoms with van der Waals surface area (Å²) in [4.78, 5) is 4.04. The van der Waals surface area contributed by atoms with Crippen LogP contribution in [0.3, 0.4) is 0 Å². The maximum atomic E-state index is 13.8. The first-order valence-corrected chi connectivity index (χ1v) is 6.49. The fourth-order valence-electron chi connectivity index (χ4n) is 2.17. The van der Waals surface area contributed by atoms with Gasteiger partial charge in [-0.05, 0) is 30.7 Å². The van der Waals surface area contributed by atoms with Crippen molar-refractivity contribution in [1.82, 2.24) is 10.3 Å². The largest absolute Gasteiger partial charge is 0.383 e. The van der Waals surface area contributed by atoms with Crippen LogP contribution in [0.1, 0.15) is 24.1 Å². The minimum atomic E-state index is -0.577. The number of hydrogen-bond acceptors (Lipinski definition) is 3. The lowest BCUT2D eigenvalue weighted by Crippen LogP contribution is -2.24. The van der Waals surface area contributed by atoms with Crippen molar-refractivity contribution in [2.24, 2.45) is 0 Å². The average Bonchev–Trinajstić information content (AvgIpc) is 2.42. The number of likely N-dealkylation sites (N-methyl/N-ethyl adjacent to an activating group) is 1. The average molecular weight is 277 g/mol. The maximum absolute atomic E-state index is 13.8. The molecule has 106 valence electrons. The minimum Gasteiger partial charge on any atom is -0.383 e. The zero-order valence-electron chi connectivity index (χ0n) is 11.2.